The summed E-state index contributed by atoms with van der Waals surface area (Å²) in [7, 11) is 5.63. The van der Waals surface area contributed by atoms with Crippen molar-refractivity contribution in [3.63, 3.8) is 0 Å². The Morgan fingerprint density at radius 1 is 0.967 bits per heavy atom. The third kappa shape index (κ3) is 5.61. The molecule has 1 N–H and O–H groups in total. The van der Waals surface area contributed by atoms with Crippen molar-refractivity contribution < 1.29 is 14.3 Å². The zero-order valence-electron chi connectivity index (χ0n) is 17.7. The van der Waals surface area contributed by atoms with E-state index < -0.39 is 0 Å². The Hall–Kier alpha value is -3.31. The van der Waals surface area contributed by atoms with Crippen molar-refractivity contribution >= 4 is 5.91 Å². The van der Waals surface area contributed by atoms with Gasteiger partial charge in [0.2, 0.25) is 0 Å². The summed E-state index contributed by atoms with van der Waals surface area (Å²) in [5.41, 5.74) is 2.68. The topological polar surface area (TPSA) is 50.8 Å². The highest BCUT2D eigenvalue weighted by Crippen LogP contribution is 2.27. The lowest BCUT2D eigenvalue weighted by molar-refractivity contribution is 0.0941. The number of hydrogen-bond acceptors (Lipinski definition) is 4. The van der Waals surface area contributed by atoms with Crippen LogP contribution in [0, 0.1) is 0 Å². The maximum absolute atomic E-state index is 12.8. The second-order valence-electron chi connectivity index (χ2n) is 7.23. The molecule has 5 nitrogen and oxygen atoms in total. The molecule has 0 saturated heterocycles. The van der Waals surface area contributed by atoms with Gasteiger partial charge in [0.05, 0.1) is 13.2 Å². The van der Waals surface area contributed by atoms with Gasteiger partial charge in [0.25, 0.3) is 5.91 Å². The van der Waals surface area contributed by atoms with Crippen molar-refractivity contribution in [2.24, 2.45) is 0 Å². The van der Waals surface area contributed by atoms with Gasteiger partial charge in [-0.25, -0.2) is 0 Å². The average molecular weight is 405 g/mol. The lowest BCUT2D eigenvalue weighted by Crippen LogP contribution is -2.34. The molecule has 0 aliphatic carbocycles. The predicted octanol–water partition coefficient (Wildman–Crippen LogP) is 4.31. The molecule has 1 amide bonds. The van der Waals surface area contributed by atoms with E-state index in [9.17, 15) is 4.79 Å². The van der Waals surface area contributed by atoms with Crippen LogP contribution in [0.5, 0.6) is 11.5 Å². The molecule has 0 heterocycles. The Bertz CT molecular complexity index is 957. The Morgan fingerprint density at radius 2 is 1.70 bits per heavy atom. The molecule has 3 aromatic carbocycles. The summed E-state index contributed by atoms with van der Waals surface area (Å²) >= 11 is 0. The largest absolute Gasteiger partial charge is 0.496 e. The summed E-state index contributed by atoms with van der Waals surface area (Å²) in [4.78, 5) is 14.8. The quantitative estimate of drug-likeness (QED) is 0.578. The van der Waals surface area contributed by atoms with Crippen LogP contribution < -0.4 is 14.8 Å². The first-order valence-corrected chi connectivity index (χ1v) is 9.93. The third-order valence-electron chi connectivity index (χ3n) is 4.92. The van der Waals surface area contributed by atoms with Crippen molar-refractivity contribution in [2.75, 3.05) is 27.7 Å². The van der Waals surface area contributed by atoms with E-state index in [0.29, 0.717) is 24.5 Å². The standard InChI is InChI=1S/C25H28N2O3/c1-27(2)23(22-14-7-8-15-24(22)29-3)17-26-25(28)20-12-9-13-21(16-20)30-18-19-10-5-4-6-11-19/h4-16,23H,17-18H2,1-3H3,(H,26,28). The number of nitrogens with zero attached hydrogens (tertiary/aromatic N) is 1. The van der Waals surface area contributed by atoms with Crippen molar-refractivity contribution in [1.29, 1.82) is 0 Å². The van der Waals surface area contributed by atoms with Crippen LogP contribution in [0.1, 0.15) is 27.5 Å². The number of methoxy groups -OCH3 is 1. The Kier molecular flexibility index (Phi) is 7.46. The van der Waals surface area contributed by atoms with Crippen molar-refractivity contribution in [2.45, 2.75) is 12.6 Å². The molecule has 3 rings (SSSR count). The Morgan fingerprint density at radius 3 is 2.43 bits per heavy atom. The molecule has 0 aliphatic heterocycles. The summed E-state index contributed by atoms with van der Waals surface area (Å²) in [6, 6.07) is 25.1. The number of benzene rings is 3. The molecule has 0 fully saturated rings. The van der Waals surface area contributed by atoms with Crippen LogP contribution in [0.4, 0.5) is 0 Å². The molecule has 156 valence electrons. The first kappa shape index (κ1) is 21.4. The van der Waals surface area contributed by atoms with Gasteiger partial charge in [-0.05, 0) is 43.9 Å². The van der Waals surface area contributed by atoms with Crippen LogP contribution in [0.2, 0.25) is 0 Å². The van der Waals surface area contributed by atoms with Gasteiger partial charge in [-0.1, -0.05) is 54.6 Å². The summed E-state index contributed by atoms with van der Waals surface area (Å²) in [5, 5.41) is 3.04. The van der Waals surface area contributed by atoms with E-state index in [1.165, 1.54) is 0 Å². The van der Waals surface area contributed by atoms with Gasteiger partial charge in [0.1, 0.15) is 18.1 Å². The fraction of sp³-hybridized carbons (Fsp3) is 0.240. The second kappa shape index (κ2) is 10.5. The first-order chi connectivity index (χ1) is 14.6. The summed E-state index contributed by atoms with van der Waals surface area (Å²) < 4.78 is 11.3. The van der Waals surface area contributed by atoms with Crippen LogP contribution in [-0.2, 0) is 6.61 Å². The second-order valence-corrected chi connectivity index (χ2v) is 7.23. The minimum atomic E-state index is -0.137. The molecule has 0 aliphatic rings. The molecule has 30 heavy (non-hydrogen) atoms. The molecule has 0 radical (unpaired) electrons. The molecule has 5 heteroatoms. The molecule has 1 atom stereocenters. The zero-order chi connectivity index (χ0) is 21.3. The number of nitrogens with one attached hydrogen (secondary N) is 1. The monoisotopic (exact) mass is 404 g/mol. The molecule has 0 aromatic heterocycles. The van der Waals surface area contributed by atoms with Crippen molar-refractivity contribution in [3.05, 3.63) is 95.6 Å². The number of likely N-dealkylation sites (N-methyl/N-ethyl adjacent to an activating group) is 1. The van der Waals surface area contributed by atoms with Gasteiger partial charge in [-0.2, -0.15) is 0 Å². The minimum absolute atomic E-state index is 0.0115. The fourth-order valence-electron chi connectivity index (χ4n) is 3.27. The van der Waals surface area contributed by atoms with Gasteiger partial charge in [0.15, 0.2) is 0 Å². The smallest absolute Gasteiger partial charge is 0.251 e. The summed E-state index contributed by atoms with van der Waals surface area (Å²) in [6.45, 7) is 0.920. The van der Waals surface area contributed by atoms with Gasteiger partial charge < -0.3 is 19.7 Å². The lowest BCUT2D eigenvalue weighted by Gasteiger charge is -2.26. The van der Waals surface area contributed by atoms with Gasteiger partial charge in [-0.3, -0.25) is 4.79 Å². The van der Waals surface area contributed by atoms with Crippen LogP contribution in [-0.4, -0.2) is 38.6 Å². The highest BCUT2D eigenvalue weighted by Gasteiger charge is 2.19. The maximum atomic E-state index is 12.8. The number of ether oxygens (including phenoxy) is 2. The number of rotatable bonds is 9. The minimum Gasteiger partial charge on any atom is -0.496 e. The number of carbonyl (C=O) groups is 1. The van der Waals surface area contributed by atoms with E-state index in [0.717, 1.165) is 16.9 Å². The maximum Gasteiger partial charge on any atom is 0.251 e. The van der Waals surface area contributed by atoms with E-state index in [2.05, 4.69) is 10.2 Å². The molecule has 1 unspecified atom stereocenters. The molecule has 3 aromatic rings. The van der Waals surface area contributed by atoms with Crippen LogP contribution in [0.25, 0.3) is 0 Å². The van der Waals surface area contributed by atoms with Gasteiger partial charge in [0, 0.05) is 17.7 Å². The van der Waals surface area contributed by atoms with Gasteiger partial charge in [-0.15, -0.1) is 0 Å². The molecule has 0 spiro atoms. The number of amides is 1. The first-order valence-electron chi connectivity index (χ1n) is 9.93. The van der Waals surface area contributed by atoms with Crippen molar-refractivity contribution in [1.82, 2.24) is 10.2 Å². The molecular formula is C25H28N2O3. The van der Waals surface area contributed by atoms with E-state index in [-0.39, 0.29) is 11.9 Å². The number of para-hydroxylation sites is 1. The zero-order valence-corrected chi connectivity index (χ0v) is 17.7. The Balaban J connectivity index is 1.65. The normalized spacial score (nSPS) is 11.7. The predicted molar refractivity (Wildman–Crippen MR) is 119 cm³/mol. The fourth-order valence-corrected chi connectivity index (χ4v) is 3.27. The molecular weight excluding hydrogens is 376 g/mol. The lowest BCUT2D eigenvalue weighted by atomic mass is 10.0. The highest BCUT2D eigenvalue weighted by molar-refractivity contribution is 5.94. The summed E-state index contributed by atoms with van der Waals surface area (Å²) in [5.74, 6) is 1.34. The van der Waals surface area contributed by atoms with Crippen LogP contribution in [0.15, 0.2) is 78.9 Å². The Labute approximate surface area is 178 Å². The van der Waals surface area contributed by atoms with E-state index >= 15 is 0 Å². The van der Waals surface area contributed by atoms with Gasteiger partial charge >= 0.3 is 0 Å². The summed E-state index contributed by atoms with van der Waals surface area (Å²) in [6.07, 6.45) is 0. The van der Waals surface area contributed by atoms with Crippen LogP contribution >= 0.6 is 0 Å². The molecule has 0 saturated carbocycles. The third-order valence-corrected chi connectivity index (χ3v) is 4.92. The number of hydrogen-bond donors (Lipinski definition) is 1. The van der Waals surface area contributed by atoms with E-state index in [1.54, 1.807) is 19.2 Å². The molecule has 0 bridgehead atoms. The number of carbonyl (C=O) groups excluding carboxylic acids is 1. The van der Waals surface area contributed by atoms with E-state index in [1.807, 2.05) is 80.8 Å². The SMILES string of the molecule is COc1ccccc1C(CNC(=O)c1cccc(OCc2ccccc2)c1)N(C)C. The highest BCUT2D eigenvalue weighted by atomic mass is 16.5. The average Bonchev–Trinajstić information content (AvgIpc) is 2.78. The van der Waals surface area contributed by atoms with Crippen LogP contribution in [0.3, 0.4) is 0 Å². The van der Waals surface area contributed by atoms with E-state index in [4.69, 9.17) is 9.47 Å². The van der Waals surface area contributed by atoms with Crippen molar-refractivity contribution in [3.8, 4) is 11.5 Å².